The topological polar surface area (TPSA) is 91.3 Å². The van der Waals surface area contributed by atoms with Crippen molar-refractivity contribution in [1.29, 1.82) is 0 Å². The molecule has 1 spiro atoms. The molecule has 2 aliphatic heterocycles. The van der Waals surface area contributed by atoms with Crippen molar-refractivity contribution in [2.24, 2.45) is 17.8 Å². The molecular formula is C26H36N2O5. The molecule has 7 nitrogen and oxygen atoms in total. The molecule has 6 rings (SSSR count). The minimum Gasteiger partial charge on any atom is -0.504 e. The summed E-state index contributed by atoms with van der Waals surface area (Å²) in [7, 11) is 1.68. The van der Waals surface area contributed by atoms with Crippen LogP contribution in [-0.2, 0) is 16.6 Å². The number of carbonyl (C=O) groups is 1. The number of aliphatic carboxylic acids is 1. The number of phenolic OH excluding ortho intramolecular Hbond substituents is 1. The van der Waals surface area contributed by atoms with Crippen LogP contribution in [0, 0.1) is 17.8 Å². The summed E-state index contributed by atoms with van der Waals surface area (Å²) in [4.78, 5) is 14.7. The molecule has 0 radical (unpaired) electrons. The van der Waals surface area contributed by atoms with Crippen LogP contribution in [0.3, 0.4) is 0 Å². The summed E-state index contributed by atoms with van der Waals surface area (Å²) >= 11 is 0. The van der Waals surface area contributed by atoms with Gasteiger partial charge in [-0.15, -0.1) is 0 Å². The van der Waals surface area contributed by atoms with Gasteiger partial charge in [-0.25, -0.2) is 0 Å². The predicted octanol–water partition coefficient (Wildman–Crippen LogP) is 2.92. The fourth-order valence-corrected chi connectivity index (χ4v) is 7.67. The van der Waals surface area contributed by atoms with Gasteiger partial charge in [-0.05, 0) is 62.8 Å². The molecular weight excluding hydrogens is 420 g/mol. The highest BCUT2D eigenvalue weighted by atomic mass is 16.5. The molecule has 0 amide bonds. The fourth-order valence-electron chi connectivity index (χ4n) is 7.67. The van der Waals surface area contributed by atoms with Crippen molar-refractivity contribution in [3.05, 3.63) is 17.2 Å². The highest BCUT2D eigenvalue weighted by Gasteiger charge is 2.66. The molecule has 33 heavy (non-hydrogen) atoms. The number of hydrogen-bond donors (Lipinski definition) is 3. The highest BCUT2D eigenvalue weighted by Crippen LogP contribution is 2.65. The number of nitrogens with zero attached hydrogens (tertiary/aromatic N) is 1. The predicted molar refractivity (Wildman–Crippen MR) is 123 cm³/mol. The van der Waals surface area contributed by atoms with Crippen molar-refractivity contribution in [2.75, 3.05) is 20.2 Å². The van der Waals surface area contributed by atoms with Gasteiger partial charge in [0.15, 0.2) is 11.5 Å². The van der Waals surface area contributed by atoms with Gasteiger partial charge in [-0.3, -0.25) is 15.0 Å². The molecule has 5 aliphatic rings. The molecule has 3 aliphatic carbocycles. The zero-order chi connectivity index (χ0) is 23.1. The Balaban J connectivity index is 1.44. The summed E-state index contributed by atoms with van der Waals surface area (Å²) < 4.78 is 12.4. The van der Waals surface area contributed by atoms with E-state index in [-0.39, 0.29) is 29.2 Å². The highest BCUT2D eigenvalue weighted by molar-refractivity contribution is 5.74. The first-order valence-electron chi connectivity index (χ1n) is 12.7. The Bertz CT molecular complexity index is 976. The van der Waals surface area contributed by atoms with Gasteiger partial charge in [0, 0.05) is 41.2 Å². The third-order valence-corrected chi connectivity index (χ3v) is 9.26. The van der Waals surface area contributed by atoms with Gasteiger partial charge in [-0.2, -0.15) is 0 Å². The van der Waals surface area contributed by atoms with Crippen molar-refractivity contribution < 1.29 is 24.5 Å². The molecule has 7 heteroatoms. The maximum atomic E-state index is 12.0. The van der Waals surface area contributed by atoms with Crippen molar-refractivity contribution in [2.45, 2.75) is 82.0 Å². The minimum atomic E-state index is -0.814. The summed E-state index contributed by atoms with van der Waals surface area (Å²) in [6, 6.07) is 1.47. The number of likely N-dealkylation sites (tertiary alicyclic amines) is 1. The normalized spacial score (nSPS) is 35.2. The monoisotopic (exact) mass is 456 g/mol. The van der Waals surface area contributed by atoms with E-state index in [1.54, 1.807) is 13.2 Å². The standard InChI is InChI=1S/C26H36N2O5/c1-13(2)22(25(30)31)27-17-7-6-16-18-10-15-20(32-3)11-19(29)23-21(15)26(16,24(17)33-23)8-9-28(18)12-14-4-5-14/h11,13-14,16-18,22,24,27,29H,4-10,12H2,1-3H3,(H,30,31)/t16-,17+,18+,22-,24-,26-/m0/s1. The molecule has 0 unspecified atom stereocenters. The zero-order valence-electron chi connectivity index (χ0n) is 19.8. The number of carboxylic acid groups (broad SMARTS) is 1. The average Bonchev–Trinajstić information content (AvgIpc) is 3.52. The Morgan fingerprint density at radius 3 is 2.79 bits per heavy atom. The molecule has 6 atom stereocenters. The quantitative estimate of drug-likeness (QED) is 0.581. The van der Waals surface area contributed by atoms with Crippen molar-refractivity contribution in [1.82, 2.24) is 10.2 Å². The maximum Gasteiger partial charge on any atom is 0.320 e. The zero-order valence-corrected chi connectivity index (χ0v) is 19.8. The van der Waals surface area contributed by atoms with Gasteiger partial charge < -0.3 is 19.7 Å². The van der Waals surface area contributed by atoms with E-state index in [0.29, 0.717) is 17.7 Å². The number of nitrogens with one attached hydrogen (secondary N) is 1. The van der Waals surface area contributed by atoms with E-state index in [9.17, 15) is 15.0 Å². The van der Waals surface area contributed by atoms with Gasteiger partial charge >= 0.3 is 5.97 Å². The number of phenols is 1. The van der Waals surface area contributed by atoms with Gasteiger partial charge in [0.25, 0.3) is 0 Å². The number of aromatic hydroxyl groups is 1. The minimum absolute atomic E-state index is 0.0231. The number of ether oxygens (including phenoxy) is 2. The van der Waals surface area contributed by atoms with Crippen molar-refractivity contribution >= 4 is 5.97 Å². The lowest BCUT2D eigenvalue weighted by Crippen LogP contribution is -2.69. The number of benzene rings is 1. The molecule has 2 heterocycles. The second kappa shape index (κ2) is 7.51. The van der Waals surface area contributed by atoms with E-state index >= 15 is 0 Å². The fraction of sp³-hybridized carbons (Fsp3) is 0.731. The van der Waals surface area contributed by atoms with E-state index < -0.39 is 12.0 Å². The van der Waals surface area contributed by atoms with E-state index in [1.807, 2.05) is 13.8 Å². The lowest BCUT2D eigenvalue weighted by molar-refractivity contribution is -0.141. The Morgan fingerprint density at radius 1 is 1.33 bits per heavy atom. The van der Waals surface area contributed by atoms with Crippen LogP contribution in [0.15, 0.2) is 6.07 Å². The summed E-state index contributed by atoms with van der Waals surface area (Å²) in [5.74, 6) is 1.97. The lowest BCUT2D eigenvalue weighted by Gasteiger charge is -2.60. The summed E-state index contributed by atoms with van der Waals surface area (Å²) in [5.41, 5.74) is 2.14. The molecule has 2 bridgehead atoms. The number of rotatable bonds is 7. The van der Waals surface area contributed by atoms with Gasteiger partial charge in [0.05, 0.1) is 7.11 Å². The number of hydrogen-bond acceptors (Lipinski definition) is 6. The molecule has 1 aromatic carbocycles. The molecule has 180 valence electrons. The second-order valence-corrected chi connectivity index (χ2v) is 11.3. The Kier molecular flexibility index (Phi) is 4.90. The van der Waals surface area contributed by atoms with Crippen molar-refractivity contribution in [3.8, 4) is 17.2 Å². The van der Waals surface area contributed by atoms with Gasteiger partial charge in [-0.1, -0.05) is 13.8 Å². The molecule has 2 saturated carbocycles. The van der Waals surface area contributed by atoms with Crippen molar-refractivity contribution in [3.63, 3.8) is 0 Å². The Morgan fingerprint density at radius 2 is 2.12 bits per heavy atom. The lowest BCUT2D eigenvalue weighted by atomic mass is 9.51. The second-order valence-electron chi connectivity index (χ2n) is 11.3. The number of carboxylic acids is 1. The van der Waals surface area contributed by atoms with E-state index in [2.05, 4.69) is 10.2 Å². The summed E-state index contributed by atoms with van der Waals surface area (Å²) in [5, 5.41) is 24.2. The molecule has 3 fully saturated rings. The van der Waals surface area contributed by atoms with Crippen LogP contribution in [0.5, 0.6) is 17.2 Å². The molecule has 3 N–H and O–H groups in total. The van der Waals surface area contributed by atoms with E-state index in [4.69, 9.17) is 9.47 Å². The third-order valence-electron chi connectivity index (χ3n) is 9.26. The van der Waals surface area contributed by atoms with E-state index in [1.165, 1.54) is 24.9 Å². The average molecular weight is 457 g/mol. The molecule has 1 saturated heterocycles. The number of methoxy groups -OCH3 is 1. The first-order valence-corrected chi connectivity index (χ1v) is 12.7. The Hall–Kier alpha value is -1.99. The van der Waals surface area contributed by atoms with Gasteiger partial charge in [0.2, 0.25) is 0 Å². The molecule has 1 aromatic rings. The van der Waals surface area contributed by atoms with E-state index in [0.717, 1.165) is 49.5 Å². The summed E-state index contributed by atoms with van der Waals surface area (Å²) in [6.45, 7) is 6.11. The van der Waals surface area contributed by atoms with Crippen LogP contribution in [0.4, 0.5) is 0 Å². The van der Waals surface area contributed by atoms with Crippen LogP contribution in [0.2, 0.25) is 0 Å². The Labute approximate surface area is 195 Å². The smallest absolute Gasteiger partial charge is 0.320 e. The first kappa shape index (κ1) is 21.5. The van der Waals surface area contributed by atoms with Crippen LogP contribution in [0.25, 0.3) is 0 Å². The summed E-state index contributed by atoms with van der Waals surface area (Å²) in [6.07, 6.45) is 6.38. The largest absolute Gasteiger partial charge is 0.504 e. The SMILES string of the molecule is COc1cc(O)c2c3c1C[C@@H]1[C@@H]4CC[C@@H](N[C@H](C(=O)O)C(C)C)[C@H](O2)[C@]34CCN1CC1CC1. The third kappa shape index (κ3) is 3.04. The van der Waals surface area contributed by atoms with Crippen LogP contribution >= 0.6 is 0 Å². The maximum absolute atomic E-state index is 12.0. The molecule has 0 aromatic heterocycles. The van der Waals surface area contributed by atoms with Crippen LogP contribution in [0.1, 0.15) is 57.1 Å². The van der Waals surface area contributed by atoms with Crippen LogP contribution < -0.4 is 14.8 Å². The first-order chi connectivity index (χ1) is 15.8. The number of piperidine rings is 1. The van der Waals surface area contributed by atoms with Gasteiger partial charge in [0.1, 0.15) is 17.9 Å². The van der Waals surface area contributed by atoms with Crippen LogP contribution in [-0.4, -0.2) is 65.5 Å².